The molecule has 1 heterocycles. The molecule has 2 atom stereocenters. The minimum absolute atomic E-state index is 0.507. The topological polar surface area (TPSA) is 29.3 Å². The lowest BCUT2D eigenvalue weighted by Crippen LogP contribution is -2.32. The number of nitrogens with two attached hydrogens (primary N) is 1. The van der Waals surface area contributed by atoms with Gasteiger partial charge in [-0.05, 0) is 29.7 Å². The van der Waals surface area contributed by atoms with E-state index in [1.165, 1.54) is 19.6 Å². The van der Waals surface area contributed by atoms with Crippen LogP contribution in [0.25, 0.3) is 0 Å². The molecular formula is C11H22N2. The van der Waals surface area contributed by atoms with Crippen molar-refractivity contribution >= 4 is 0 Å². The summed E-state index contributed by atoms with van der Waals surface area (Å²) in [6.45, 7) is 11.7. The van der Waals surface area contributed by atoms with Gasteiger partial charge in [0.1, 0.15) is 0 Å². The van der Waals surface area contributed by atoms with Gasteiger partial charge in [-0.1, -0.05) is 20.8 Å². The lowest BCUT2D eigenvalue weighted by molar-refractivity contribution is 0.229. The maximum absolute atomic E-state index is 5.79. The number of hydrogen-bond acceptors (Lipinski definition) is 2. The molecule has 2 nitrogen and oxygen atoms in total. The number of hydrogen-bond donors (Lipinski definition) is 1. The predicted molar refractivity (Wildman–Crippen MR) is 55.4 cm³/mol. The predicted octanol–water partition coefficient (Wildman–Crippen LogP) is 1.17. The molecule has 2 rings (SSSR count). The van der Waals surface area contributed by atoms with Gasteiger partial charge in [-0.3, -0.25) is 0 Å². The second kappa shape index (κ2) is 2.96. The molecule has 1 saturated carbocycles. The maximum atomic E-state index is 5.79. The van der Waals surface area contributed by atoms with Gasteiger partial charge in [0, 0.05) is 19.6 Å². The Morgan fingerprint density at radius 2 is 1.92 bits per heavy atom. The summed E-state index contributed by atoms with van der Waals surface area (Å²) in [4.78, 5) is 2.61. The van der Waals surface area contributed by atoms with Crippen molar-refractivity contribution in [3.05, 3.63) is 0 Å². The van der Waals surface area contributed by atoms with E-state index in [2.05, 4.69) is 25.7 Å². The highest BCUT2D eigenvalue weighted by atomic mass is 15.2. The summed E-state index contributed by atoms with van der Waals surface area (Å²) in [6, 6.07) is 0. The lowest BCUT2D eigenvalue weighted by Gasteiger charge is -2.24. The van der Waals surface area contributed by atoms with Gasteiger partial charge in [0.15, 0.2) is 0 Å². The third-order valence-corrected chi connectivity index (χ3v) is 4.04. The van der Waals surface area contributed by atoms with Crippen molar-refractivity contribution in [2.75, 3.05) is 26.2 Å². The SMILES string of the molecule is CC(C)CN1CC2C(C1)C2(C)CN. The Hall–Kier alpha value is -0.0800. The summed E-state index contributed by atoms with van der Waals surface area (Å²) in [7, 11) is 0. The Morgan fingerprint density at radius 3 is 2.31 bits per heavy atom. The fraction of sp³-hybridized carbons (Fsp3) is 1.00. The molecule has 1 saturated heterocycles. The van der Waals surface area contributed by atoms with Crippen molar-refractivity contribution < 1.29 is 0 Å². The Balaban J connectivity index is 1.83. The average Bonchev–Trinajstić information content (AvgIpc) is 2.48. The van der Waals surface area contributed by atoms with Crippen LogP contribution in [0.4, 0.5) is 0 Å². The third kappa shape index (κ3) is 1.40. The van der Waals surface area contributed by atoms with Gasteiger partial charge in [-0.25, -0.2) is 0 Å². The average molecular weight is 182 g/mol. The molecule has 13 heavy (non-hydrogen) atoms. The van der Waals surface area contributed by atoms with E-state index in [0.29, 0.717) is 5.41 Å². The Morgan fingerprint density at radius 1 is 1.38 bits per heavy atom. The highest BCUT2D eigenvalue weighted by molar-refractivity contribution is 5.14. The van der Waals surface area contributed by atoms with Crippen LogP contribution in [0.15, 0.2) is 0 Å². The van der Waals surface area contributed by atoms with Crippen LogP contribution in [0.5, 0.6) is 0 Å². The van der Waals surface area contributed by atoms with Crippen LogP contribution in [-0.4, -0.2) is 31.1 Å². The van der Waals surface area contributed by atoms with Crippen molar-refractivity contribution in [3.8, 4) is 0 Å². The van der Waals surface area contributed by atoms with Crippen LogP contribution in [0, 0.1) is 23.2 Å². The summed E-state index contributed by atoms with van der Waals surface area (Å²) in [5, 5.41) is 0. The van der Waals surface area contributed by atoms with E-state index in [9.17, 15) is 0 Å². The van der Waals surface area contributed by atoms with Gasteiger partial charge >= 0.3 is 0 Å². The smallest absolute Gasteiger partial charge is 0.00190 e. The van der Waals surface area contributed by atoms with Crippen LogP contribution in [-0.2, 0) is 0 Å². The highest BCUT2D eigenvalue weighted by Gasteiger charge is 2.63. The van der Waals surface area contributed by atoms with Gasteiger partial charge in [0.2, 0.25) is 0 Å². The molecule has 0 aromatic carbocycles. The number of fused-ring (bicyclic) bond motifs is 1. The van der Waals surface area contributed by atoms with Crippen LogP contribution >= 0.6 is 0 Å². The monoisotopic (exact) mass is 182 g/mol. The molecule has 0 aromatic rings. The Kier molecular flexibility index (Phi) is 2.16. The molecule has 0 aromatic heterocycles. The summed E-state index contributed by atoms with van der Waals surface area (Å²) in [6.07, 6.45) is 0. The van der Waals surface area contributed by atoms with E-state index in [4.69, 9.17) is 5.73 Å². The third-order valence-electron chi connectivity index (χ3n) is 4.04. The summed E-state index contributed by atoms with van der Waals surface area (Å²) in [5.74, 6) is 2.63. The molecule has 2 N–H and O–H groups in total. The van der Waals surface area contributed by atoms with Gasteiger partial charge < -0.3 is 10.6 Å². The number of likely N-dealkylation sites (tertiary alicyclic amines) is 1. The number of rotatable bonds is 3. The van der Waals surface area contributed by atoms with E-state index >= 15 is 0 Å². The normalized spacial score (nSPS) is 44.1. The Bertz CT molecular complexity index is 188. The van der Waals surface area contributed by atoms with Gasteiger partial charge in [-0.15, -0.1) is 0 Å². The van der Waals surface area contributed by atoms with Crippen molar-refractivity contribution in [2.45, 2.75) is 20.8 Å². The van der Waals surface area contributed by atoms with Crippen LogP contribution in [0.1, 0.15) is 20.8 Å². The van der Waals surface area contributed by atoms with Crippen LogP contribution < -0.4 is 5.73 Å². The molecule has 0 spiro atoms. The van der Waals surface area contributed by atoms with E-state index in [1.54, 1.807) is 0 Å². The standard InChI is InChI=1S/C11H22N2/c1-8(2)4-13-5-9-10(6-13)11(9,3)7-12/h8-10H,4-7,12H2,1-3H3. The first-order valence-corrected chi connectivity index (χ1v) is 5.50. The molecule has 76 valence electrons. The highest BCUT2D eigenvalue weighted by Crippen LogP contribution is 2.61. The molecule has 0 bridgehead atoms. The Labute approximate surface area is 81.5 Å². The number of nitrogens with zero attached hydrogens (tertiary/aromatic N) is 1. The zero-order valence-corrected chi connectivity index (χ0v) is 9.09. The fourth-order valence-electron chi connectivity index (χ4n) is 3.03. The first-order chi connectivity index (χ1) is 6.08. The lowest BCUT2D eigenvalue weighted by atomic mass is 10.0. The molecule has 2 fully saturated rings. The minimum Gasteiger partial charge on any atom is -0.330 e. The van der Waals surface area contributed by atoms with Crippen molar-refractivity contribution in [1.82, 2.24) is 4.90 Å². The van der Waals surface area contributed by atoms with Crippen LogP contribution in [0.3, 0.4) is 0 Å². The second-order valence-corrected chi connectivity index (χ2v) is 5.54. The maximum Gasteiger partial charge on any atom is 0.00190 e. The minimum atomic E-state index is 0.507. The largest absolute Gasteiger partial charge is 0.330 e. The molecule has 1 aliphatic heterocycles. The molecule has 0 radical (unpaired) electrons. The summed E-state index contributed by atoms with van der Waals surface area (Å²) >= 11 is 0. The molecule has 1 aliphatic carbocycles. The van der Waals surface area contributed by atoms with Crippen molar-refractivity contribution in [1.29, 1.82) is 0 Å². The molecular weight excluding hydrogens is 160 g/mol. The zero-order chi connectivity index (χ0) is 9.64. The van der Waals surface area contributed by atoms with E-state index in [1.807, 2.05) is 0 Å². The molecule has 2 aliphatic rings. The van der Waals surface area contributed by atoms with Gasteiger partial charge in [0.05, 0.1) is 0 Å². The fourth-order valence-corrected chi connectivity index (χ4v) is 3.03. The van der Waals surface area contributed by atoms with E-state index in [-0.39, 0.29) is 0 Å². The van der Waals surface area contributed by atoms with Crippen molar-refractivity contribution in [3.63, 3.8) is 0 Å². The van der Waals surface area contributed by atoms with Gasteiger partial charge in [0.25, 0.3) is 0 Å². The first-order valence-electron chi connectivity index (χ1n) is 5.50. The van der Waals surface area contributed by atoms with E-state index < -0.39 is 0 Å². The van der Waals surface area contributed by atoms with E-state index in [0.717, 1.165) is 24.3 Å². The second-order valence-electron chi connectivity index (χ2n) is 5.54. The zero-order valence-electron chi connectivity index (χ0n) is 9.09. The summed E-state index contributed by atoms with van der Waals surface area (Å²) in [5.41, 5.74) is 6.29. The van der Waals surface area contributed by atoms with Crippen molar-refractivity contribution in [2.24, 2.45) is 28.9 Å². The van der Waals surface area contributed by atoms with Gasteiger partial charge in [-0.2, -0.15) is 0 Å². The molecule has 2 unspecified atom stereocenters. The number of piperidine rings is 1. The molecule has 0 amide bonds. The van der Waals surface area contributed by atoms with Crippen LogP contribution in [0.2, 0.25) is 0 Å². The summed E-state index contributed by atoms with van der Waals surface area (Å²) < 4.78 is 0. The molecule has 2 heteroatoms. The first kappa shape index (κ1) is 9.47. The quantitative estimate of drug-likeness (QED) is 0.710.